The fourth-order valence-electron chi connectivity index (χ4n) is 1.95. The minimum absolute atomic E-state index is 0.00837. The third-order valence-corrected chi connectivity index (χ3v) is 3.14. The number of hydrogen-bond acceptors (Lipinski definition) is 4. The summed E-state index contributed by atoms with van der Waals surface area (Å²) in [7, 11) is 0. The maximum Gasteiger partial charge on any atom is 0.337 e. The van der Waals surface area contributed by atoms with Gasteiger partial charge in [-0.3, -0.25) is 4.79 Å². The number of carboxylic acids is 1. The van der Waals surface area contributed by atoms with Gasteiger partial charge in [-0.05, 0) is 48.4 Å². The Bertz CT molecular complexity index is 796. The molecule has 23 heavy (non-hydrogen) atoms. The third-order valence-electron chi connectivity index (χ3n) is 3.14. The van der Waals surface area contributed by atoms with E-state index in [1.165, 1.54) is 36.4 Å². The number of carbonyl (C=O) groups is 2. The topological polar surface area (TPSA) is 107 Å². The Kier molecular flexibility index (Phi) is 4.66. The predicted molar refractivity (Wildman–Crippen MR) is 85.6 cm³/mol. The van der Waals surface area contributed by atoms with Crippen LogP contribution in [0.15, 0.2) is 42.5 Å². The summed E-state index contributed by atoms with van der Waals surface area (Å²) in [6, 6.07) is 8.47. The van der Waals surface area contributed by atoms with E-state index in [2.05, 4.69) is 5.32 Å². The van der Waals surface area contributed by atoms with Crippen molar-refractivity contribution in [1.82, 2.24) is 0 Å². The standard InChI is InChI=1S/C17H15NO5/c1-10-8-11(2-6-15(10)20)3-7-16(21)18-14-9-12(19)4-5-13(14)17(22)23/h2-9,19-20H,1H3,(H,18,21)(H,22,23)/b7-3+. The van der Waals surface area contributed by atoms with Crippen molar-refractivity contribution < 1.29 is 24.9 Å². The molecule has 0 saturated carbocycles. The smallest absolute Gasteiger partial charge is 0.337 e. The monoisotopic (exact) mass is 313 g/mol. The van der Waals surface area contributed by atoms with Gasteiger partial charge in [0.2, 0.25) is 5.91 Å². The number of aromatic carboxylic acids is 1. The summed E-state index contributed by atoms with van der Waals surface area (Å²) in [5.41, 5.74) is 1.28. The number of benzene rings is 2. The molecule has 6 heteroatoms. The van der Waals surface area contributed by atoms with Gasteiger partial charge in [-0.1, -0.05) is 6.07 Å². The van der Waals surface area contributed by atoms with E-state index < -0.39 is 11.9 Å². The molecule has 0 aliphatic carbocycles. The van der Waals surface area contributed by atoms with Crippen LogP contribution < -0.4 is 5.32 Å². The number of amides is 1. The number of aromatic hydroxyl groups is 2. The molecule has 0 aliphatic heterocycles. The van der Waals surface area contributed by atoms with E-state index in [0.717, 1.165) is 0 Å². The highest BCUT2D eigenvalue weighted by Gasteiger charge is 2.12. The molecular formula is C17H15NO5. The van der Waals surface area contributed by atoms with Gasteiger partial charge in [-0.2, -0.15) is 0 Å². The van der Waals surface area contributed by atoms with Crippen molar-refractivity contribution in [3.8, 4) is 11.5 Å². The second-order valence-electron chi connectivity index (χ2n) is 4.90. The van der Waals surface area contributed by atoms with Gasteiger partial charge in [0.1, 0.15) is 11.5 Å². The molecule has 0 aromatic heterocycles. The molecule has 2 aromatic carbocycles. The summed E-state index contributed by atoms with van der Waals surface area (Å²) in [4.78, 5) is 23.0. The van der Waals surface area contributed by atoms with E-state index in [1.807, 2.05) is 0 Å². The minimum atomic E-state index is -1.21. The van der Waals surface area contributed by atoms with Crippen LogP contribution in [-0.4, -0.2) is 27.2 Å². The maximum atomic E-state index is 11.9. The average molecular weight is 313 g/mol. The summed E-state index contributed by atoms with van der Waals surface area (Å²) in [5, 5.41) is 30.3. The minimum Gasteiger partial charge on any atom is -0.508 e. The van der Waals surface area contributed by atoms with Crippen molar-refractivity contribution in [2.24, 2.45) is 0 Å². The number of phenols is 2. The van der Waals surface area contributed by atoms with Gasteiger partial charge in [0.25, 0.3) is 0 Å². The first-order chi connectivity index (χ1) is 10.9. The van der Waals surface area contributed by atoms with Crippen LogP contribution in [0.1, 0.15) is 21.5 Å². The van der Waals surface area contributed by atoms with Gasteiger partial charge in [0.05, 0.1) is 11.3 Å². The van der Waals surface area contributed by atoms with Crippen molar-refractivity contribution >= 4 is 23.6 Å². The Morgan fingerprint density at radius 1 is 1.09 bits per heavy atom. The summed E-state index contributed by atoms with van der Waals surface area (Å²) < 4.78 is 0. The van der Waals surface area contributed by atoms with Crippen molar-refractivity contribution in [1.29, 1.82) is 0 Å². The Hall–Kier alpha value is -3.28. The Balaban J connectivity index is 2.16. The van der Waals surface area contributed by atoms with E-state index in [0.29, 0.717) is 11.1 Å². The zero-order chi connectivity index (χ0) is 17.0. The number of nitrogens with one attached hydrogen (secondary N) is 1. The lowest BCUT2D eigenvalue weighted by atomic mass is 10.1. The van der Waals surface area contributed by atoms with Gasteiger partial charge in [0.15, 0.2) is 0 Å². The molecule has 6 nitrogen and oxygen atoms in total. The number of carbonyl (C=O) groups excluding carboxylic acids is 1. The quantitative estimate of drug-likeness (QED) is 0.649. The number of phenolic OH excluding ortho intramolecular Hbond substituents is 2. The summed E-state index contributed by atoms with van der Waals surface area (Å²) in [5.74, 6) is -1.73. The van der Waals surface area contributed by atoms with E-state index in [1.54, 1.807) is 19.1 Å². The number of rotatable bonds is 4. The SMILES string of the molecule is Cc1cc(/C=C/C(=O)Nc2cc(O)ccc2C(=O)O)ccc1O. The lowest BCUT2D eigenvalue weighted by Gasteiger charge is -2.07. The maximum absolute atomic E-state index is 11.9. The lowest BCUT2D eigenvalue weighted by molar-refractivity contribution is -0.111. The number of hydrogen-bond donors (Lipinski definition) is 4. The van der Waals surface area contributed by atoms with Crippen molar-refractivity contribution in [2.45, 2.75) is 6.92 Å². The number of aryl methyl sites for hydroxylation is 1. The number of anilines is 1. The average Bonchev–Trinajstić information content (AvgIpc) is 2.48. The van der Waals surface area contributed by atoms with Gasteiger partial charge in [-0.25, -0.2) is 4.79 Å². The fraction of sp³-hybridized carbons (Fsp3) is 0.0588. The Morgan fingerprint density at radius 3 is 2.48 bits per heavy atom. The summed E-state index contributed by atoms with van der Waals surface area (Å²) in [6.07, 6.45) is 2.77. The predicted octanol–water partition coefficient (Wildman–Crippen LogP) is 2.76. The van der Waals surface area contributed by atoms with Crippen molar-refractivity contribution in [3.05, 3.63) is 59.2 Å². The van der Waals surface area contributed by atoms with Crippen LogP contribution in [0, 0.1) is 6.92 Å². The molecule has 0 fully saturated rings. The highest BCUT2D eigenvalue weighted by Crippen LogP contribution is 2.22. The molecule has 0 atom stereocenters. The molecule has 4 N–H and O–H groups in total. The van der Waals surface area contributed by atoms with Crippen LogP contribution in [0.2, 0.25) is 0 Å². The summed E-state index contributed by atoms with van der Waals surface area (Å²) in [6.45, 7) is 1.73. The fourth-order valence-corrected chi connectivity index (χ4v) is 1.95. The first kappa shape index (κ1) is 16.1. The Labute approximate surface area is 132 Å². The molecular weight excluding hydrogens is 298 g/mol. The van der Waals surface area contributed by atoms with E-state index >= 15 is 0 Å². The highest BCUT2D eigenvalue weighted by atomic mass is 16.4. The highest BCUT2D eigenvalue weighted by molar-refractivity contribution is 6.06. The summed E-state index contributed by atoms with van der Waals surface area (Å²) >= 11 is 0. The molecule has 0 aliphatic rings. The van der Waals surface area contributed by atoms with Crippen LogP contribution in [0.3, 0.4) is 0 Å². The van der Waals surface area contributed by atoms with Crippen molar-refractivity contribution in [3.63, 3.8) is 0 Å². The first-order valence-corrected chi connectivity index (χ1v) is 6.72. The molecule has 2 rings (SSSR count). The van der Waals surface area contributed by atoms with E-state index in [4.69, 9.17) is 5.11 Å². The van der Waals surface area contributed by atoms with Gasteiger partial charge >= 0.3 is 5.97 Å². The third kappa shape index (κ3) is 4.10. The van der Waals surface area contributed by atoms with Crippen LogP contribution >= 0.6 is 0 Å². The second-order valence-corrected chi connectivity index (χ2v) is 4.90. The lowest BCUT2D eigenvalue weighted by Crippen LogP contribution is -2.11. The van der Waals surface area contributed by atoms with Crippen LogP contribution in [-0.2, 0) is 4.79 Å². The van der Waals surface area contributed by atoms with Gasteiger partial charge in [0, 0.05) is 12.1 Å². The van der Waals surface area contributed by atoms with Crippen LogP contribution in [0.5, 0.6) is 11.5 Å². The second kappa shape index (κ2) is 6.65. The molecule has 0 heterocycles. The first-order valence-electron chi connectivity index (χ1n) is 6.72. The normalized spacial score (nSPS) is 10.7. The molecule has 1 amide bonds. The van der Waals surface area contributed by atoms with E-state index in [-0.39, 0.29) is 22.7 Å². The zero-order valence-corrected chi connectivity index (χ0v) is 12.3. The van der Waals surface area contributed by atoms with E-state index in [9.17, 15) is 19.8 Å². The zero-order valence-electron chi connectivity index (χ0n) is 12.3. The van der Waals surface area contributed by atoms with Crippen LogP contribution in [0.25, 0.3) is 6.08 Å². The largest absolute Gasteiger partial charge is 0.508 e. The number of carboxylic acid groups (broad SMARTS) is 1. The van der Waals surface area contributed by atoms with Gasteiger partial charge in [-0.15, -0.1) is 0 Å². The van der Waals surface area contributed by atoms with Crippen LogP contribution in [0.4, 0.5) is 5.69 Å². The van der Waals surface area contributed by atoms with Crippen molar-refractivity contribution in [2.75, 3.05) is 5.32 Å². The van der Waals surface area contributed by atoms with Gasteiger partial charge < -0.3 is 20.6 Å². The Morgan fingerprint density at radius 2 is 1.83 bits per heavy atom. The molecule has 0 bridgehead atoms. The molecule has 0 saturated heterocycles. The molecule has 2 aromatic rings. The molecule has 0 radical (unpaired) electrons. The molecule has 0 spiro atoms. The molecule has 118 valence electrons. The molecule has 0 unspecified atom stereocenters.